The fourth-order valence-corrected chi connectivity index (χ4v) is 2.33. The molecule has 0 saturated carbocycles. The van der Waals surface area contributed by atoms with E-state index in [9.17, 15) is 13.2 Å². The summed E-state index contributed by atoms with van der Waals surface area (Å²) in [6.07, 6.45) is -4.48. The first-order chi connectivity index (χ1) is 11.8. The van der Waals surface area contributed by atoms with Crippen molar-refractivity contribution in [2.24, 2.45) is 0 Å². The fraction of sp³-hybridized carbons (Fsp3) is 0.250. The summed E-state index contributed by atoms with van der Waals surface area (Å²) in [5, 5.41) is 3.77. The quantitative estimate of drug-likeness (QED) is 0.540. The number of alkyl halides is 3. The summed E-state index contributed by atoms with van der Waals surface area (Å²) in [4.78, 5) is 0. The van der Waals surface area contributed by atoms with Crippen LogP contribution in [0.5, 0.6) is 0 Å². The molecule has 0 saturated heterocycles. The van der Waals surface area contributed by atoms with Gasteiger partial charge in [0.1, 0.15) is 0 Å². The third kappa shape index (κ3) is 4.29. The highest BCUT2D eigenvalue weighted by atomic mass is 19.4. The molecule has 1 heterocycles. The molecule has 0 aliphatic rings. The lowest BCUT2D eigenvalue weighted by Crippen LogP contribution is -2.07. The van der Waals surface area contributed by atoms with Gasteiger partial charge in [-0.15, -0.1) is 0 Å². The lowest BCUT2D eigenvalue weighted by Gasteiger charge is -2.08. The summed E-state index contributed by atoms with van der Waals surface area (Å²) in [6, 6.07) is 15.7. The number of halogens is 3. The van der Waals surface area contributed by atoms with Gasteiger partial charge in [0.2, 0.25) is 0 Å². The molecular weight excluding hydrogens is 325 g/mol. The highest BCUT2D eigenvalue weighted by Gasteiger charge is 2.35. The molecule has 5 heteroatoms. The van der Waals surface area contributed by atoms with E-state index in [-0.39, 0.29) is 0 Å². The molecule has 0 N–H and O–H groups in total. The Hall–Kier alpha value is -2.56. The normalized spacial score (nSPS) is 11.0. The molecule has 0 amide bonds. The van der Waals surface area contributed by atoms with Crippen LogP contribution in [0.15, 0.2) is 54.6 Å². The minimum atomic E-state index is -4.48. The highest BCUT2D eigenvalue weighted by molar-refractivity contribution is 5.63. The predicted octanol–water partition coefficient (Wildman–Crippen LogP) is 6.20. The Balaban J connectivity index is 0.00000109. The van der Waals surface area contributed by atoms with Crippen LogP contribution in [0, 0.1) is 13.8 Å². The Bertz CT molecular complexity index is 751. The minimum absolute atomic E-state index is 0.418. The molecule has 0 bridgehead atoms. The molecule has 0 radical (unpaired) electrons. The van der Waals surface area contributed by atoms with Gasteiger partial charge in [-0.1, -0.05) is 61.4 Å². The van der Waals surface area contributed by atoms with Gasteiger partial charge in [0.15, 0.2) is 5.69 Å². The molecule has 3 rings (SSSR count). The van der Waals surface area contributed by atoms with Gasteiger partial charge in [0.05, 0.1) is 11.4 Å². The molecule has 132 valence electrons. The van der Waals surface area contributed by atoms with E-state index < -0.39 is 11.9 Å². The highest BCUT2D eigenvalue weighted by Crippen LogP contribution is 2.33. The Labute approximate surface area is 145 Å². The van der Waals surface area contributed by atoms with E-state index in [0.29, 0.717) is 16.9 Å². The lowest BCUT2D eigenvalue weighted by molar-refractivity contribution is -0.141. The predicted molar refractivity (Wildman–Crippen MR) is 94.8 cm³/mol. The van der Waals surface area contributed by atoms with Crippen LogP contribution >= 0.6 is 0 Å². The minimum Gasteiger partial charge on any atom is -0.233 e. The third-order valence-corrected chi connectivity index (χ3v) is 3.63. The SMILES string of the molecule is CC.Cc1ccc(-c2cc(C(F)(F)F)nn2-c2ccc(C)cc2)cc1. The molecule has 0 spiro atoms. The molecule has 25 heavy (non-hydrogen) atoms. The van der Waals surface area contributed by atoms with Crippen LogP contribution in [0.3, 0.4) is 0 Å². The summed E-state index contributed by atoms with van der Waals surface area (Å²) in [5.41, 5.74) is 2.90. The Morgan fingerprint density at radius 3 is 1.76 bits per heavy atom. The number of hydrogen-bond acceptors (Lipinski definition) is 1. The molecule has 0 fully saturated rings. The monoisotopic (exact) mass is 346 g/mol. The summed E-state index contributed by atoms with van der Waals surface area (Å²) >= 11 is 0. The molecule has 3 aromatic rings. The van der Waals surface area contributed by atoms with E-state index in [1.165, 1.54) is 4.68 Å². The van der Waals surface area contributed by atoms with Crippen LogP contribution in [-0.4, -0.2) is 9.78 Å². The maximum Gasteiger partial charge on any atom is 0.435 e. The first kappa shape index (κ1) is 18.8. The van der Waals surface area contributed by atoms with Crippen LogP contribution in [0.2, 0.25) is 0 Å². The van der Waals surface area contributed by atoms with Gasteiger partial charge in [0.25, 0.3) is 0 Å². The van der Waals surface area contributed by atoms with Gasteiger partial charge < -0.3 is 0 Å². The Morgan fingerprint density at radius 1 is 0.800 bits per heavy atom. The molecule has 0 atom stereocenters. The van der Waals surface area contributed by atoms with Crippen LogP contribution < -0.4 is 0 Å². The Morgan fingerprint density at radius 2 is 1.28 bits per heavy atom. The van der Waals surface area contributed by atoms with Gasteiger partial charge in [-0.2, -0.15) is 18.3 Å². The van der Waals surface area contributed by atoms with Crippen molar-refractivity contribution < 1.29 is 13.2 Å². The molecule has 2 nitrogen and oxygen atoms in total. The standard InChI is InChI=1S/C18H15F3N2.C2H6/c1-12-3-7-14(8-4-12)16-11-17(18(19,20)21)22-23(16)15-9-5-13(2)6-10-15;1-2/h3-11H,1-2H3;1-2H3. The second-order valence-electron chi connectivity index (χ2n) is 5.53. The average molecular weight is 346 g/mol. The third-order valence-electron chi connectivity index (χ3n) is 3.63. The maximum absolute atomic E-state index is 13.1. The Kier molecular flexibility index (Phi) is 5.67. The zero-order valence-corrected chi connectivity index (χ0v) is 14.7. The molecule has 1 aromatic heterocycles. The second kappa shape index (κ2) is 7.55. The van der Waals surface area contributed by atoms with Gasteiger partial charge in [-0.05, 0) is 32.0 Å². The van der Waals surface area contributed by atoms with Crippen LogP contribution in [0.1, 0.15) is 30.7 Å². The molecule has 0 aliphatic heterocycles. The fourth-order valence-electron chi connectivity index (χ4n) is 2.33. The first-order valence-electron chi connectivity index (χ1n) is 8.16. The summed E-state index contributed by atoms with van der Waals surface area (Å²) in [5.74, 6) is 0. The first-order valence-corrected chi connectivity index (χ1v) is 8.16. The largest absolute Gasteiger partial charge is 0.435 e. The number of aromatic nitrogens is 2. The van der Waals surface area contributed by atoms with Gasteiger partial charge in [0, 0.05) is 5.56 Å². The van der Waals surface area contributed by atoms with Crippen molar-refractivity contribution in [1.29, 1.82) is 0 Å². The van der Waals surface area contributed by atoms with Crippen molar-refractivity contribution in [3.63, 3.8) is 0 Å². The average Bonchev–Trinajstić information content (AvgIpc) is 3.04. The van der Waals surface area contributed by atoms with Crippen LogP contribution in [0.4, 0.5) is 13.2 Å². The topological polar surface area (TPSA) is 17.8 Å². The van der Waals surface area contributed by atoms with Crippen molar-refractivity contribution in [1.82, 2.24) is 9.78 Å². The van der Waals surface area contributed by atoms with E-state index in [0.717, 1.165) is 17.2 Å². The van der Waals surface area contributed by atoms with Gasteiger partial charge in [-0.25, -0.2) is 4.68 Å². The lowest BCUT2D eigenvalue weighted by atomic mass is 10.1. The number of hydrogen-bond donors (Lipinski definition) is 0. The van der Waals surface area contributed by atoms with E-state index >= 15 is 0 Å². The smallest absolute Gasteiger partial charge is 0.233 e. The van der Waals surface area contributed by atoms with Crippen molar-refractivity contribution in [3.8, 4) is 16.9 Å². The summed E-state index contributed by atoms with van der Waals surface area (Å²) in [7, 11) is 0. The molecule has 0 unspecified atom stereocenters. The van der Waals surface area contributed by atoms with Crippen molar-refractivity contribution in [2.45, 2.75) is 33.9 Å². The van der Waals surface area contributed by atoms with Crippen molar-refractivity contribution >= 4 is 0 Å². The van der Waals surface area contributed by atoms with Crippen LogP contribution in [0.25, 0.3) is 16.9 Å². The number of aryl methyl sites for hydroxylation is 2. The van der Waals surface area contributed by atoms with Crippen LogP contribution in [-0.2, 0) is 6.18 Å². The van der Waals surface area contributed by atoms with Crippen molar-refractivity contribution in [2.75, 3.05) is 0 Å². The number of benzene rings is 2. The van der Waals surface area contributed by atoms with E-state index in [1.54, 1.807) is 24.3 Å². The summed E-state index contributed by atoms with van der Waals surface area (Å²) in [6.45, 7) is 7.86. The summed E-state index contributed by atoms with van der Waals surface area (Å²) < 4.78 is 40.5. The molecular formula is C20H21F3N2. The zero-order valence-electron chi connectivity index (χ0n) is 14.7. The molecule has 0 aliphatic carbocycles. The van der Waals surface area contributed by atoms with Gasteiger partial charge in [-0.3, -0.25) is 0 Å². The van der Waals surface area contributed by atoms with Crippen molar-refractivity contribution in [3.05, 3.63) is 71.4 Å². The molecule has 2 aromatic carbocycles. The second-order valence-corrected chi connectivity index (χ2v) is 5.53. The van der Waals surface area contributed by atoms with Gasteiger partial charge >= 0.3 is 6.18 Å². The number of nitrogens with zero attached hydrogens (tertiary/aromatic N) is 2. The zero-order chi connectivity index (χ0) is 18.6. The number of rotatable bonds is 2. The van der Waals surface area contributed by atoms with E-state index in [1.807, 2.05) is 52.0 Å². The van der Waals surface area contributed by atoms with E-state index in [4.69, 9.17) is 0 Å². The van der Waals surface area contributed by atoms with E-state index in [2.05, 4.69) is 5.10 Å². The maximum atomic E-state index is 13.1.